The molecule has 26 heavy (non-hydrogen) atoms. The number of nitrogens with zero attached hydrogens (tertiary/aromatic N) is 2. The third-order valence-electron chi connectivity index (χ3n) is 4.80. The summed E-state index contributed by atoms with van der Waals surface area (Å²) in [5.74, 6) is -0.131. The second-order valence-electron chi connectivity index (χ2n) is 6.92. The van der Waals surface area contributed by atoms with Crippen molar-refractivity contribution in [2.24, 2.45) is 5.92 Å². The van der Waals surface area contributed by atoms with Gasteiger partial charge in [0.05, 0.1) is 0 Å². The Morgan fingerprint density at radius 3 is 2.23 bits per heavy atom. The van der Waals surface area contributed by atoms with Gasteiger partial charge >= 0.3 is 0 Å². The molecule has 3 amide bonds. The first kappa shape index (κ1) is 19.9. The van der Waals surface area contributed by atoms with Crippen LogP contribution >= 0.6 is 0 Å². The van der Waals surface area contributed by atoms with E-state index < -0.39 is 6.04 Å². The Kier molecular flexibility index (Phi) is 6.77. The molecular weight excluding hydrogens is 330 g/mol. The molecule has 1 aromatic carbocycles. The van der Waals surface area contributed by atoms with Crippen LogP contribution in [0.2, 0.25) is 0 Å². The van der Waals surface area contributed by atoms with Gasteiger partial charge in [0, 0.05) is 37.3 Å². The van der Waals surface area contributed by atoms with Crippen LogP contribution in [0.5, 0.6) is 0 Å². The molecule has 0 bridgehead atoms. The molecule has 1 heterocycles. The van der Waals surface area contributed by atoms with Crippen LogP contribution in [0.15, 0.2) is 24.3 Å². The van der Waals surface area contributed by atoms with Gasteiger partial charge in [0.25, 0.3) is 5.91 Å². The van der Waals surface area contributed by atoms with Gasteiger partial charge in [-0.25, -0.2) is 0 Å². The topological polar surface area (TPSA) is 69.7 Å². The fourth-order valence-electron chi connectivity index (χ4n) is 3.37. The summed E-state index contributed by atoms with van der Waals surface area (Å²) >= 11 is 0. The Balaban J connectivity index is 2.08. The molecule has 6 heteroatoms. The van der Waals surface area contributed by atoms with Crippen molar-refractivity contribution in [1.82, 2.24) is 9.80 Å². The van der Waals surface area contributed by atoms with E-state index in [-0.39, 0.29) is 23.6 Å². The number of hydrogen-bond acceptors (Lipinski definition) is 3. The molecule has 1 aromatic rings. The Labute approximate surface area is 155 Å². The van der Waals surface area contributed by atoms with Gasteiger partial charge in [0.15, 0.2) is 0 Å². The van der Waals surface area contributed by atoms with Crippen molar-refractivity contribution in [3.05, 3.63) is 29.8 Å². The quantitative estimate of drug-likeness (QED) is 0.814. The van der Waals surface area contributed by atoms with E-state index in [4.69, 9.17) is 0 Å². The first-order valence-corrected chi connectivity index (χ1v) is 9.38. The largest absolute Gasteiger partial charge is 0.339 e. The fraction of sp³-hybridized carbons (Fsp3) is 0.550. The molecule has 1 aliphatic rings. The molecule has 6 nitrogen and oxygen atoms in total. The molecule has 0 aliphatic carbocycles. The minimum absolute atomic E-state index is 0.0180. The number of hydrogen-bond donors (Lipinski definition) is 1. The molecule has 2 rings (SSSR count). The number of carbonyl (C=O) groups is 3. The van der Waals surface area contributed by atoms with Crippen molar-refractivity contribution in [2.75, 3.05) is 25.0 Å². The molecule has 142 valence electrons. The van der Waals surface area contributed by atoms with Gasteiger partial charge in [0.1, 0.15) is 6.04 Å². The third-order valence-corrected chi connectivity index (χ3v) is 4.80. The Hall–Kier alpha value is -2.37. The fourth-order valence-corrected chi connectivity index (χ4v) is 3.37. The van der Waals surface area contributed by atoms with Gasteiger partial charge in [-0.3, -0.25) is 14.4 Å². The van der Waals surface area contributed by atoms with Crippen molar-refractivity contribution in [1.29, 1.82) is 0 Å². The highest BCUT2D eigenvalue weighted by atomic mass is 16.2. The molecule has 1 saturated heterocycles. The summed E-state index contributed by atoms with van der Waals surface area (Å²) in [7, 11) is 0. The highest BCUT2D eigenvalue weighted by Gasteiger charge is 2.34. The zero-order valence-corrected chi connectivity index (χ0v) is 16.1. The second-order valence-corrected chi connectivity index (χ2v) is 6.92. The average molecular weight is 359 g/mol. The van der Waals surface area contributed by atoms with E-state index in [2.05, 4.69) is 5.32 Å². The SMILES string of the molecule is CCN(CC)C(=O)c1ccc(NC(=O)C(C(C)C)N2CCCC2=O)cc1. The van der Waals surface area contributed by atoms with Crippen LogP contribution < -0.4 is 5.32 Å². The maximum absolute atomic E-state index is 12.7. The van der Waals surface area contributed by atoms with Crippen molar-refractivity contribution in [3.63, 3.8) is 0 Å². The maximum atomic E-state index is 12.7. The molecule has 1 unspecified atom stereocenters. The number of benzene rings is 1. The summed E-state index contributed by atoms with van der Waals surface area (Å²) in [5, 5.41) is 2.89. The molecular formula is C20H29N3O3. The number of likely N-dealkylation sites (tertiary alicyclic amines) is 1. The van der Waals surface area contributed by atoms with Crippen LogP contribution in [-0.4, -0.2) is 53.2 Å². The first-order chi connectivity index (χ1) is 12.4. The molecule has 0 radical (unpaired) electrons. The van der Waals surface area contributed by atoms with E-state index in [0.717, 1.165) is 6.42 Å². The minimum atomic E-state index is -0.470. The van der Waals surface area contributed by atoms with Gasteiger partial charge in [0.2, 0.25) is 11.8 Å². The molecule has 1 atom stereocenters. The monoisotopic (exact) mass is 359 g/mol. The maximum Gasteiger partial charge on any atom is 0.253 e. The lowest BCUT2D eigenvalue weighted by Crippen LogP contribution is -2.47. The Bertz CT molecular complexity index is 651. The highest BCUT2D eigenvalue weighted by molar-refractivity contribution is 5.99. The van der Waals surface area contributed by atoms with Crippen molar-refractivity contribution in [3.8, 4) is 0 Å². The lowest BCUT2D eigenvalue weighted by Gasteiger charge is -2.29. The second kappa shape index (κ2) is 8.83. The molecule has 0 spiro atoms. The van der Waals surface area contributed by atoms with Crippen LogP contribution in [0.4, 0.5) is 5.69 Å². The lowest BCUT2D eigenvalue weighted by molar-refractivity contribution is -0.136. The molecule has 1 N–H and O–H groups in total. The summed E-state index contributed by atoms with van der Waals surface area (Å²) in [4.78, 5) is 40.5. The lowest BCUT2D eigenvalue weighted by atomic mass is 10.0. The molecule has 1 fully saturated rings. The van der Waals surface area contributed by atoms with Crippen LogP contribution in [0.3, 0.4) is 0 Å². The van der Waals surface area contributed by atoms with E-state index in [1.165, 1.54) is 0 Å². The van der Waals surface area contributed by atoms with Gasteiger partial charge in [-0.2, -0.15) is 0 Å². The predicted octanol–water partition coefficient (Wildman–Crippen LogP) is 2.75. The zero-order valence-electron chi connectivity index (χ0n) is 16.1. The number of nitrogens with one attached hydrogen (secondary N) is 1. The van der Waals surface area contributed by atoms with E-state index in [9.17, 15) is 14.4 Å². The van der Waals surface area contributed by atoms with Gasteiger partial charge < -0.3 is 15.1 Å². The van der Waals surface area contributed by atoms with Gasteiger partial charge in [-0.05, 0) is 50.5 Å². The predicted molar refractivity (Wildman–Crippen MR) is 102 cm³/mol. The number of carbonyl (C=O) groups excluding carboxylic acids is 3. The van der Waals surface area contributed by atoms with Crippen molar-refractivity contribution >= 4 is 23.4 Å². The number of amides is 3. The normalized spacial score (nSPS) is 15.3. The summed E-state index contributed by atoms with van der Waals surface area (Å²) < 4.78 is 0. The van der Waals surface area contributed by atoms with Gasteiger partial charge in [-0.1, -0.05) is 13.8 Å². The van der Waals surface area contributed by atoms with Crippen molar-refractivity contribution < 1.29 is 14.4 Å². The van der Waals surface area contributed by atoms with Crippen LogP contribution in [-0.2, 0) is 9.59 Å². The smallest absolute Gasteiger partial charge is 0.253 e. The van der Waals surface area contributed by atoms with Crippen LogP contribution in [0.25, 0.3) is 0 Å². The third kappa shape index (κ3) is 4.42. The van der Waals surface area contributed by atoms with Gasteiger partial charge in [-0.15, -0.1) is 0 Å². The van der Waals surface area contributed by atoms with E-state index in [0.29, 0.717) is 37.3 Å². The first-order valence-electron chi connectivity index (χ1n) is 9.38. The number of anilines is 1. The summed E-state index contributed by atoms with van der Waals surface area (Å²) in [5.41, 5.74) is 1.23. The summed E-state index contributed by atoms with van der Waals surface area (Å²) in [6, 6.07) is 6.45. The molecule has 1 aliphatic heterocycles. The average Bonchev–Trinajstić information content (AvgIpc) is 3.02. The van der Waals surface area contributed by atoms with E-state index in [1.807, 2.05) is 27.7 Å². The van der Waals surface area contributed by atoms with Crippen LogP contribution in [0.1, 0.15) is 50.9 Å². The van der Waals surface area contributed by atoms with E-state index in [1.54, 1.807) is 34.1 Å². The number of rotatable bonds is 7. The van der Waals surface area contributed by atoms with E-state index >= 15 is 0 Å². The zero-order chi connectivity index (χ0) is 19.3. The standard InChI is InChI=1S/C20H29N3O3/c1-5-22(6-2)20(26)15-9-11-16(12-10-15)21-19(25)18(14(3)4)23-13-7-8-17(23)24/h9-12,14,18H,5-8,13H2,1-4H3,(H,21,25). The Morgan fingerprint density at radius 2 is 1.77 bits per heavy atom. The minimum Gasteiger partial charge on any atom is -0.339 e. The Morgan fingerprint density at radius 1 is 1.15 bits per heavy atom. The summed E-state index contributed by atoms with van der Waals surface area (Å²) in [6.45, 7) is 9.74. The molecule has 0 aromatic heterocycles. The van der Waals surface area contributed by atoms with Crippen molar-refractivity contribution in [2.45, 2.75) is 46.6 Å². The summed E-state index contributed by atoms with van der Waals surface area (Å²) in [6.07, 6.45) is 1.32. The highest BCUT2D eigenvalue weighted by Crippen LogP contribution is 2.21. The molecule has 0 saturated carbocycles. The van der Waals surface area contributed by atoms with Crippen LogP contribution in [0, 0.1) is 5.92 Å².